The van der Waals surface area contributed by atoms with Crippen LogP contribution in [0.5, 0.6) is 0 Å². The van der Waals surface area contributed by atoms with Crippen molar-refractivity contribution in [3.63, 3.8) is 0 Å². The van der Waals surface area contributed by atoms with Crippen LogP contribution in [-0.2, 0) is 10.8 Å². The molecule has 0 aliphatic carbocycles. The molecule has 0 N–H and O–H groups in total. The number of imidazole rings is 1. The number of nitrogens with zero attached hydrogens (tertiary/aromatic N) is 2. The molecular weight excluding hydrogens is 459 g/mol. The van der Waals surface area contributed by atoms with Crippen molar-refractivity contribution in [2.75, 3.05) is 0 Å². The molecule has 2 heterocycles. The Morgan fingerprint density at radius 2 is 1.32 bits per heavy atom. The molecule has 5 aromatic rings. The zero-order valence-electron chi connectivity index (χ0n) is 24.7. The van der Waals surface area contributed by atoms with Gasteiger partial charge < -0.3 is 4.57 Å². The van der Waals surface area contributed by atoms with Crippen LogP contribution in [0.2, 0.25) is 0 Å². The van der Waals surface area contributed by atoms with Crippen molar-refractivity contribution in [3.05, 3.63) is 88.0 Å². The second kappa shape index (κ2) is 8.09. The lowest BCUT2D eigenvalue weighted by atomic mass is 9.36. The Bertz CT molecular complexity index is 1750. The number of benzene rings is 4. The van der Waals surface area contributed by atoms with Gasteiger partial charge in [-0.25, -0.2) is 4.98 Å². The molecule has 0 bridgehead atoms. The molecule has 0 unspecified atom stereocenters. The molecule has 0 amide bonds. The fourth-order valence-electron chi connectivity index (χ4n) is 6.35. The minimum absolute atomic E-state index is 0.0368. The number of rotatable bonds is 1. The zero-order chi connectivity index (χ0) is 27.3. The first-order valence-corrected chi connectivity index (χ1v) is 13.9. The fraction of sp³-hybridized carbons (Fsp3) is 0.343. The van der Waals surface area contributed by atoms with Crippen LogP contribution in [0.25, 0.3) is 27.5 Å². The van der Waals surface area contributed by atoms with Gasteiger partial charge in [0.15, 0.2) is 0 Å². The van der Waals surface area contributed by atoms with E-state index in [-0.39, 0.29) is 17.5 Å². The average molecular weight is 499 g/mol. The van der Waals surface area contributed by atoms with Crippen molar-refractivity contribution in [1.82, 2.24) is 9.55 Å². The molecule has 192 valence electrons. The van der Waals surface area contributed by atoms with E-state index in [0.717, 1.165) is 11.2 Å². The first-order valence-electron chi connectivity index (χ1n) is 13.9. The Hall–Kier alpha value is -3.33. The van der Waals surface area contributed by atoms with Crippen LogP contribution in [0.3, 0.4) is 0 Å². The molecule has 0 fully saturated rings. The normalized spacial score (nSPS) is 13.5. The molecule has 0 saturated carbocycles. The molecule has 1 aliphatic rings. The van der Waals surface area contributed by atoms with Gasteiger partial charge in [-0.2, -0.15) is 0 Å². The van der Waals surface area contributed by atoms with Gasteiger partial charge in [-0.1, -0.05) is 106 Å². The number of hydrogen-bond donors (Lipinski definition) is 0. The van der Waals surface area contributed by atoms with Gasteiger partial charge in [0.1, 0.15) is 0 Å². The molecule has 1 aromatic heterocycles. The Kier molecular flexibility index (Phi) is 5.32. The highest BCUT2D eigenvalue weighted by Gasteiger charge is 2.38. The zero-order valence-corrected chi connectivity index (χ0v) is 24.7. The third kappa shape index (κ3) is 3.58. The van der Waals surface area contributed by atoms with Gasteiger partial charge in [-0.05, 0) is 78.3 Å². The van der Waals surface area contributed by atoms with Gasteiger partial charge >= 0.3 is 0 Å². The summed E-state index contributed by atoms with van der Waals surface area (Å²) in [5, 5.41) is 2.70. The highest BCUT2D eigenvalue weighted by atomic mass is 15.1. The molecule has 38 heavy (non-hydrogen) atoms. The summed E-state index contributed by atoms with van der Waals surface area (Å²) in [6, 6.07) is 21.0. The molecule has 2 nitrogen and oxygen atoms in total. The Morgan fingerprint density at radius 3 is 1.92 bits per heavy atom. The van der Waals surface area contributed by atoms with Crippen LogP contribution in [0.4, 0.5) is 0 Å². The van der Waals surface area contributed by atoms with Gasteiger partial charge in [-0.15, -0.1) is 0 Å². The lowest BCUT2D eigenvalue weighted by molar-refractivity contribution is 0.589. The maximum atomic E-state index is 5.49. The quantitative estimate of drug-likeness (QED) is 0.227. The standard InChI is InChI=1S/C35H39BN2/c1-20-14-15-28-32(23(20)4)37-33-36(31-21(2)12-11-13-22(31)3)27-18-25(34(5,6)7)16-24-17-26(35(8,9)10)19-29(30(24)27)38(28)33/h11-19H,1-10H3. The molecule has 0 spiro atoms. The topological polar surface area (TPSA) is 17.8 Å². The SMILES string of the molecule is Cc1cccc(C)c1B1c2cc(C(C)(C)C)cc3cc(C(C)(C)C)cc(c23)-n2c1nc1c(C)c(C)ccc12. The average Bonchev–Trinajstić information content (AvgIpc) is 3.21. The molecule has 4 aromatic carbocycles. The highest BCUT2D eigenvalue weighted by molar-refractivity contribution is 6.97. The van der Waals surface area contributed by atoms with E-state index in [0.29, 0.717) is 0 Å². The summed E-state index contributed by atoms with van der Waals surface area (Å²) in [7, 11) is 0. The largest absolute Gasteiger partial charge is 0.303 e. The van der Waals surface area contributed by atoms with Crippen LogP contribution in [0.15, 0.2) is 54.6 Å². The lowest BCUT2D eigenvalue weighted by Crippen LogP contribution is -2.59. The molecule has 3 heteroatoms. The van der Waals surface area contributed by atoms with Crippen LogP contribution >= 0.6 is 0 Å². The third-order valence-corrected chi connectivity index (χ3v) is 8.81. The van der Waals surface area contributed by atoms with E-state index < -0.39 is 0 Å². The number of aromatic nitrogens is 2. The molecule has 0 saturated heterocycles. The summed E-state index contributed by atoms with van der Waals surface area (Å²) in [6.45, 7) is 22.9. The second-order valence-corrected chi connectivity index (χ2v) is 13.6. The lowest BCUT2D eigenvalue weighted by Gasteiger charge is -2.32. The van der Waals surface area contributed by atoms with Gasteiger partial charge in [0.25, 0.3) is 6.71 Å². The first-order chi connectivity index (χ1) is 17.8. The minimum Gasteiger partial charge on any atom is -0.303 e. The molecule has 0 atom stereocenters. The summed E-state index contributed by atoms with van der Waals surface area (Å²) in [5.74, 6) is 0. The fourth-order valence-corrected chi connectivity index (χ4v) is 6.35. The molecule has 6 rings (SSSR count). The molecular formula is C35H39BN2. The predicted octanol–water partition coefficient (Wildman–Crippen LogP) is 6.84. The van der Waals surface area contributed by atoms with Crippen molar-refractivity contribution in [2.24, 2.45) is 0 Å². The van der Waals surface area contributed by atoms with Gasteiger partial charge in [0.2, 0.25) is 0 Å². The number of fused-ring (bicyclic) bond motifs is 4. The summed E-state index contributed by atoms with van der Waals surface area (Å²) in [5.41, 5.74) is 15.5. The van der Waals surface area contributed by atoms with Gasteiger partial charge in [-0.3, -0.25) is 0 Å². The van der Waals surface area contributed by atoms with Gasteiger partial charge in [0.05, 0.1) is 22.4 Å². The Morgan fingerprint density at radius 1 is 0.711 bits per heavy atom. The van der Waals surface area contributed by atoms with E-state index in [1.54, 1.807) is 0 Å². The van der Waals surface area contributed by atoms with E-state index in [4.69, 9.17) is 4.98 Å². The summed E-state index contributed by atoms with van der Waals surface area (Å²) >= 11 is 0. The van der Waals surface area contributed by atoms with Crippen molar-refractivity contribution in [2.45, 2.75) is 80.1 Å². The van der Waals surface area contributed by atoms with Crippen LogP contribution < -0.4 is 16.6 Å². The smallest absolute Gasteiger partial charge is 0.289 e. The summed E-state index contributed by atoms with van der Waals surface area (Å²) in [4.78, 5) is 5.49. The van der Waals surface area contributed by atoms with E-state index >= 15 is 0 Å². The van der Waals surface area contributed by atoms with E-state index in [1.807, 2.05) is 0 Å². The molecule has 1 aliphatic heterocycles. The van der Waals surface area contributed by atoms with Crippen LogP contribution in [-0.4, -0.2) is 16.3 Å². The van der Waals surface area contributed by atoms with Crippen molar-refractivity contribution >= 4 is 45.2 Å². The van der Waals surface area contributed by atoms with Crippen LogP contribution in [0.1, 0.15) is 74.9 Å². The predicted molar refractivity (Wildman–Crippen MR) is 166 cm³/mol. The monoisotopic (exact) mass is 498 g/mol. The maximum absolute atomic E-state index is 5.49. The van der Waals surface area contributed by atoms with Crippen molar-refractivity contribution < 1.29 is 0 Å². The van der Waals surface area contributed by atoms with Crippen molar-refractivity contribution in [3.8, 4) is 5.69 Å². The highest BCUT2D eigenvalue weighted by Crippen LogP contribution is 2.36. The molecule has 0 radical (unpaired) electrons. The first kappa shape index (κ1) is 25.0. The van der Waals surface area contributed by atoms with Crippen molar-refractivity contribution in [1.29, 1.82) is 0 Å². The minimum atomic E-state index is 0.0368. The number of hydrogen-bond acceptors (Lipinski definition) is 1. The van der Waals surface area contributed by atoms with Crippen LogP contribution in [0, 0.1) is 27.7 Å². The Balaban J connectivity index is 1.87. The van der Waals surface area contributed by atoms with E-state index in [1.165, 1.54) is 66.3 Å². The summed E-state index contributed by atoms with van der Waals surface area (Å²) in [6.07, 6.45) is 0. The Labute approximate surface area is 228 Å². The number of aryl methyl sites for hydroxylation is 4. The second-order valence-electron chi connectivity index (χ2n) is 13.6. The maximum Gasteiger partial charge on any atom is 0.289 e. The van der Waals surface area contributed by atoms with E-state index in [9.17, 15) is 0 Å². The van der Waals surface area contributed by atoms with Gasteiger partial charge in [0, 0.05) is 5.39 Å². The van der Waals surface area contributed by atoms with E-state index in [2.05, 4.69) is 128 Å². The summed E-state index contributed by atoms with van der Waals surface area (Å²) < 4.78 is 2.49. The third-order valence-electron chi connectivity index (χ3n) is 8.81.